The number of hydrogen-bond donors (Lipinski definition) is 1. The monoisotopic (exact) mass is 287 g/mol. The number of benzene rings is 1. The lowest BCUT2D eigenvalue weighted by molar-refractivity contribution is 0.0884. The van der Waals surface area contributed by atoms with Crippen LogP contribution in [0.4, 0.5) is 4.39 Å². The minimum Gasteiger partial charge on any atom is -0.311 e. The Morgan fingerprint density at radius 1 is 1.29 bits per heavy atom. The minimum atomic E-state index is -1.09. The van der Waals surface area contributed by atoms with E-state index in [1.807, 2.05) is 16.8 Å². The Kier molecular flexibility index (Phi) is 3.03. The van der Waals surface area contributed by atoms with Crippen molar-refractivity contribution in [3.05, 3.63) is 30.0 Å². The maximum Gasteiger partial charge on any atom is 0.119 e. The predicted molar refractivity (Wildman–Crippen MR) is 82.1 cm³/mol. The van der Waals surface area contributed by atoms with E-state index in [1.54, 1.807) is 0 Å². The molecule has 2 fully saturated rings. The highest BCUT2D eigenvalue weighted by atomic mass is 19.1. The van der Waals surface area contributed by atoms with Gasteiger partial charge in [-0.1, -0.05) is 18.2 Å². The standard InChI is InChI=1S/C17H22FN3/c1-2-21-16-6-4-3-5-14(16)15(20-21)11-17(18)9-12-7-8-13(10-17)19-12/h3-6,12-13,19H,2,7-11H2,1H3. The van der Waals surface area contributed by atoms with Crippen LogP contribution in [-0.4, -0.2) is 27.5 Å². The fourth-order valence-corrected chi connectivity index (χ4v) is 4.20. The average molecular weight is 287 g/mol. The highest BCUT2D eigenvalue weighted by Gasteiger charge is 2.44. The molecule has 2 aliphatic rings. The number of nitrogens with zero attached hydrogens (tertiary/aromatic N) is 2. The highest BCUT2D eigenvalue weighted by molar-refractivity contribution is 5.82. The summed E-state index contributed by atoms with van der Waals surface area (Å²) in [6.07, 6.45) is 3.98. The van der Waals surface area contributed by atoms with E-state index in [-0.39, 0.29) is 0 Å². The maximum atomic E-state index is 15.4. The molecule has 3 nitrogen and oxygen atoms in total. The molecule has 4 rings (SSSR count). The largest absolute Gasteiger partial charge is 0.311 e. The van der Waals surface area contributed by atoms with E-state index in [2.05, 4.69) is 29.5 Å². The molecule has 1 N–H and O–H groups in total. The van der Waals surface area contributed by atoms with Crippen molar-refractivity contribution in [1.29, 1.82) is 0 Å². The third-order valence-electron chi connectivity index (χ3n) is 5.08. The zero-order valence-electron chi connectivity index (χ0n) is 12.5. The number of hydrogen-bond acceptors (Lipinski definition) is 2. The van der Waals surface area contributed by atoms with Crippen molar-refractivity contribution in [2.24, 2.45) is 0 Å². The quantitative estimate of drug-likeness (QED) is 0.939. The van der Waals surface area contributed by atoms with Crippen LogP contribution in [0.25, 0.3) is 10.9 Å². The predicted octanol–water partition coefficient (Wildman–Crippen LogP) is 3.22. The molecule has 2 aromatic rings. The van der Waals surface area contributed by atoms with Gasteiger partial charge < -0.3 is 5.32 Å². The molecule has 4 heteroatoms. The molecule has 0 saturated carbocycles. The third-order valence-corrected chi connectivity index (χ3v) is 5.08. The summed E-state index contributed by atoms with van der Waals surface area (Å²) in [5.74, 6) is 0. The number of piperidine rings is 1. The molecule has 1 aromatic carbocycles. The van der Waals surface area contributed by atoms with Gasteiger partial charge in [-0.25, -0.2) is 4.39 Å². The molecule has 0 amide bonds. The second-order valence-electron chi connectivity index (χ2n) is 6.65. The van der Waals surface area contributed by atoms with Gasteiger partial charge in [-0.05, 0) is 38.7 Å². The van der Waals surface area contributed by atoms with Gasteiger partial charge in [-0.15, -0.1) is 0 Å². The molecule has 112 valence electrons. The number of nitrogens with one attached hydrogen (secondary N) is 1. The lowest BCUT2D eigenvalue weighted by Crippen LogP contribution is -2.47. The van der Waals surface area contributed by atoms with Crippen LogP contribution in [0.2, 0.25) is 0 Å². The van der Waals surface area contributed by atoms with Gasteiger partial charge in [0.15, 0.2) is 0 Å². The van der Waals surface area contributed by atoms with Gasteiger partial charge in [0.2, 0.25) is 0 Å². The third kappa shape index (κ3) is 2.26. The molecular formula is C17H22FN3. The Bertz CT molecular complexity index is 651. The topological polar surface area (TPSA) is 29.9 Å². The Balaban J connectivity index is 1.68. The molecule has 2 atom stereocenters. The molecule has 21 heavy (non-hydrogen) atoms. The van der Waals surface area contributed by atoms with Gasteiger partial charge in [0.05, 0.1) is 11.2 Å². The van der Waals surface area contributed by atoms with E-state index in [1.165, 1.54) is 0 Å². The molecule has 0 radical (unpaired) electrons. The van der Waals surface area contributed by atoms with Crippen molar-refractivity contribution < 1.29 is 4.39 Å². The van der Waals surface area contributed by atoms with Gasteiger partial charge in [0.25, 0.3) is 0 Å². The van der Waals surface area contributed by atoms with Crippen molar-refractivity contribution in [1.82, 2.24) is 15.1 Å². The summed E-state index contributed by atoms with van der Waals surface area (Å²) >= 11 is 0. The fourth-order valence-electron chi connectivity index (χ4n) is 4.20. The zero-order chi connectivity index (χ0) is 14.4. The summed E-state index contributed by atoms with van der Waals surface area (Å²) in [6.45, 7) is 2.91. The van der Waals surface area contributed by atoms with Crippen molar-refractivity contribution in [2.45, 2.75) is 63.3 Å². The lowest BCUT2D eigenvalue weighted by Gasteiger charge is -2.34. The summed E-state index contributed by atoms with van der Waals surface area (Å²) in [7, 11) is 0. The minimum absolute atomic E-state index is 0.369. The summed E-state index contributed by atoms with van der Waals surface area (Å²) in [5.41, 5.74) is 0.957. The number of rotatable bonds is 3. The van der Waals surface area contributed by atoms with Crippen molar-refractivity contribution in [2.75, 3.05) is 0 Å². The second kappa shape index (κ2) is 4.80. The lowest BCUT2D eigenvalue weighted by atomic mass is 9.85. The van der Waals surface area contributed by atoms with Crippen molar-refractivity contribution in [3.8, 4) is 0 Å². The van der Waals surface area contributed by atoms with Crippen LogP contribution in [0.1, 0.15) is 38.3 Å². The number of fused-ring (bicyclic) bond motifs is 3. The Labute approximate surface area is 124 Å². The normalized spacial score (nSPS) is 31.9. The first kappa shape index (κ1) is 13.3. The first-order valence-electron chi connectivity index (χ1n) is 8.06. The number of aromatic nitrogens is 2. The van der Waals surface area contributed by atoms with Crippen LogP contribution in [-0.2, 0) is 13.0 Å². The Morgan fingerprint density at radius 3 is 2.71 bits per heavy atom. The SMILES string of the molecule is CCn1nc(CC2(F)CC3CCC(C2)N3)c2ccccc21. The Morgan fingerprint density at radius 2 is 2.00 bits per heavy atom. The van der Waals surface area contributed by atoms with E-state index in [0.717, 1.165) is 36.0 Å². The van der Waals surface area contributed by atoms with E-state index >= 15 is 4.39 Å². The van der Waals surface area contributed by atoms with Crippen LogP contribution in [0.3, 0.4) is 0 Å². The molecule has 0 spiro atoms. The molecule has 2 aliphatic heterocycles. The van der Waals surface area contributed by atoms with Gasteiger partial charge in [-0.2, -0.15) is 5.10 Å². The summed E-state index contributed by atoms with van der Waals surface area (Å²) < 4.78 is 17.3. The van der Waals surface area contributed by atoms with E-state index < -0.39 is 5.67 Å². The maximum absolute atomic E-state index is 15.4. The van der Waals surface area contributed by atoms with Crippen LogP contribution in [0.15, 0.2) is 24.3 Å². The second-order valence-corrected chi connectivity index (χ2v) is 6.65. The van der Waals surface area contributed by atoms with E-state index in [0.29, 0.717) is 31.3 Å². The van der Waals surface area contributed by atoms with Crippen molar-refractivity contribution in [3.63, 3.8) is 0 Å². The molecule has 2 bridgehead atoms. The molecular weight excluding hydrogens is 265 g/mol. The highest BCUT2D eigenvalue weighted by Crippen LogP contribution is 2.39. The Hall–Kier alpha value is -1.42. The summed E-state index contributed by atoms with van der Waals surface area (Å²) in [4.78, 5) is 0. The number of para-hydroxylation sites is 1. The molecule has 2 unspecified atom stereocenters. The van der Waals surface area contributed by atoms with Gasteiger partial charge in [0.1, 0.15) is 5.67 Å². The first-order chi connectivity index (χ1) is 10.2. The van der Waals surface area contributed by atoms with Crippen LogP contribution < -0.4 is 5.32 Å². The van der Waals surface area contributed by atoms with Gasteiger partial charge >= 0.3 is 0 Å². The summed E-state index contributed by atoms with van der Waals surface area (Å²) in [5, 5.41) is 9.31. The smallest absolute Gasteiger partial charge is 0.119 e. The summed E-state index contributed by atoms with van der Waals surface area (Å²) in [6, 6.07) is 8.93. The van der Waals surface area contributed by atoms with E-state index in [4.69, 9.17) is 0 Å². The molecule has 1 aromatic heterocycles. The van der Waals surface area contributed by atoms with Crippen molar-refractivity contribution >= 4 is 10.9 Å². The van der Waals surface area contributed by atoms with Gasteiger partial charge in [0, 0.05) is 30.4 Å². The number of alkyl halides is 1. The van der Waals surface area contributed by atoms with Crippen LogP contribution in [0.5, 0.6) is 0 Å². The van der Waals surface area contributed by atoms with Crippen LogP contribution in [0, 0.1) is 0 Å². The van der Waals surface area contributed by atoms with Gasteiger partial charge in [-0.3, -0.25) is 4.68 Å². The number of halogens is 1. The zero-order valence-corrected chi connectivity index (χ0v) is 12.5. The molecule has 0 aliphatic carbocycles. The molecule has 3 heterocycles. The molecule has 2 saturated heterocycles. The fraction of sp³-hybridized carbons (Fsp3) is 0.588. The number of aryl methyl sites for hydroxylation is 1. The average Bonchev–Trinajstić information content (AvgIpc) is 3.00. The van der Waals surface area contributed by atoms with Crippen LogP contribution >= 0.6 is 0 Å². The first-order valence-corrected chi connectivity index (χ1v) is 8.06. The van der Waals surface area contributed by atoms with E-state index in [9.17, 15) is 0 Å².